The molecular weight excluding hydrogens is 368 g/mol. The number of non-ortho nitro benzene ring substituents is 1. The Morgan fingerprint density at radius 2 is 1.79 bits per heavy atom. The predicted molar refractivity (Wildman–Crippen MR) is 113 cm³/mol. The van der Waals surface area contributed by atoms with E-state index < -0.39 is 4.92 Å². The zero-order chi connectivity index (χ0) is 20.6. The van der Waals surface area contributed by atoms with Crippen LogP contribution in [0.4, 0.5) is 11.4 Å². The zero-order valence-corrected chi connectivity index (χ0v) is 15.9. The molecule has 0 saturated carbocycles. The molecule has 1 amide bonds. The van der Waals surface area contributed by atoms with E-state index in [0.717, 1.165) is 16.9 Å². The van der Waals surface area contributed by atoms with Crippen LogP contribution in [0.2, 0.25) is 0 Å². The smallest absolute Gasteiger partial charge is 0.269 e. The molecule has 0 bridgehead atoms. The van der Waals surface area contributed by atoms with Gasteiger partial charge in [-0.3, -0.25) is 14.9 Å². The lowest BCUT2D eigenvalue weighted by Crippen LogP contribution is -2.09. The highest BCUT2D eigenvalue weighted by Gasteiger charge is 2.09. The van der Waals surface area contributed by atoms with Gasteiger partial charge in [-0.15, -0.1) is 0 Å². The van der Waals surface area contributed by atoms with Gasteiger partial charge in [0.2, 0.25) is 5.91 Å². The lowest BCUT2D eigenvalue weighted by Gasteiger charge is -2.07. The Bertz CT molecular complexity index is 1030. The van der Waals surface area contributed by atoms with E-state index in [1.807, 2.05) is 54.6 Å². The highest BCUT2D eigenvalue weighted by molar-refractivity contribution is 6.02. The van der Waals surface area contributed by atoms with Gasteiger partial charge >= 0.3 is 0 Å². The van der Waals surface area contributed by atoms with E-state index >= 15 is 0 Å². The molecular formula is C23H20N2O4. The molecule has 0 radical (unpaired) electrons. The maximum absolute atomic E-state index is 12.1. The molecule has 3 aromatic rings. The van der Waals surface area contributed by atoms with Crippen LogP contribution >= 0.6 is 0 Å². The van der Waals surface area contributed by atoms with Gasteiger partial charge in [0.15, 0.2) is 0 Å². The Balaban J connectivity index is 1.55. The fraction of sp³-hybridized carbons (Fsp3) is 0.0870. The standard InChI is InChI=1S/C23H20N2O4/c1-17-15-20(25(27)28)10-13-22(17)24-23(26)14-9-18-7-11-21(12-8-18)29-16-19-5-3-2-4-6-19/h2-15H,16H2,1H3,(H,24,26)/b14-9+. The van der Waals surface area contributed by atoms with Gasteiger partial charge in [-0.1, -0.05) is 42.5 Å². The van der Waals surface area contributed by atoms with Crippen molar-refractivity contribution in [3.63, 3.8) is 0 Å². The van der Waals surface area contributed by atoms with Crippen LogP contribution in [0.25, 0.3) is 6.08 Å². The van der Waals surface area contributed by atoms with E-state index in [-0.39, 0.29) is 11.6 Å². The Morgan fingerprint density at radius 1 is 1.07 bits per heavy atom. The molecule has 6 heteroatoms. The Hall–Kier alpha value is -3.93. The van der Waals surface area contributed by atoms with E-state index in [2.05, 4.69) is 5.32 Å². The summed E-state index contributed by atoms with van der Waals surface area (Å²) in [6.45, 7) is 2.20. The van der Waals surface area contributed by atoms with Crippen LogP contribution < -0.4 is 10.1 Å². The van der Waals surface area contributed by atoms with Gasteiger partial charge in [-0.25, -0.2) is 0 Å². The van der Waals surface area contributed by atoms with Crippen molar-refractivity contribution in [2.75, 3.05) is 5.32 Å². The number of nitro groups is 1. The summed E-state index contributed by atoms with van der Waals surface area (Å²) in [5, 5.41) is 13.5. The summed E-state index contributed by atoms with van der Waals surface area (Å²) in [5.41, 5.74) is 3.10. The first-order valence-electron chi connectivity index (χ1n) is 9.02. The highest BCUT2D eigenvalue weighted by atomic mass is 16.6. The molecule has 146 valence electrons. The molecule has 0 spiro atoms. The second kappa shape index (κ2) is 9.32. The van der Waals surface area contributed by atoms with Crippen LogP contribution in [0, 0.1) is 17.0 Å². The topological polar surface area (TPSA) is 81.5 Å². The van der Waals surface area contributed by atoms with Crippen molar-refractivity contribution in [2.45, 2.75) is 13.5 Å². The van der Waals surface area contributed by atoms with Crippen molar-refractivity contribution < 1.29 is 14.5 Å². The molecule has 0 heterocycles. The molecule has 3 rings (SSSR count). The fourth-order valence-electron chi connectivity index (χ4n) is 2.66. The number of aryl methyl sites for hydroxylation is 1. The van der Waals surface area contributed by atoms with Crippen molar-refractivity contribution in [3.8, 4) is 5.75 Å². The van der Waals surface area contributed by atoms with Crippen molar-refractivity contribution in [2.24, 2.45) is 0 Å². The summed E-state index contributed by atoms with van der Waals surface area (Å²) >= 11 is 0. The minimum atomic E-state index is -0.467. The molecule has 0 aliphatic rings. The van der Waals surface area contributed by atoms with Crippen LogP contribution in [0.5, 0.6) is 5.75 Å². The number of nitro benzene ring substituents is 1. The third-order valence-corrected chi connectivity index (χ3v) is 4.23. The van der Waals surface area contributed by atoms with Gasteiger partial charge in [0.25, 0.3) is 5.69 Å². The number of hydrogen-bond donors (Lipinski definition) is 1. The van der Waals surface area contributed by atoms with Gasteiger partial charge in [0.1, 0.15) is 12.4 Å². The van der Waals surface area contributed by atoms with Gasteiger partial charge in [0, 0.05) is 23.9 Å². The summed E-state index contributed by atoms with van der Waals surface area (Å²) in [6, 6.07) is 21.6. The van der Waals surface area contributed by atoms with Crippen LogP contribution in [-0.4, -0.2) is 10.8 Å². The normalized spacial score (nSPS) is 10.7. The Morgan fingerprint density at radius 3 is 2.45 bits per heavy atom. The quantitative estimate of drug-likeness (QED) is 0.345. The van der Waals surface area contributed by atoms with Gasteiger partial charge < -0.3 is 10.1 Å². The summed E-state index contributed by atoms with van der Waals surface area (Å²) < 4.78 is 5.74. The minimum absolute atomic E-state index is 0.00869. The fourth-order valence-corrected chi connectivity index (χ4v) is 2.66. The first-order valence-corrected chi connectivity index (χ1v) is 9.02. The number of carbonyl (C=O) groups is 1. The van der Waals surface area contributed by atoms with Crippen molar-refractivity contribution in [1.29, 1.82) is 0 Å². The molecule has 3 aromatic carbocycles. The number of amides is 1. The largest absolute Gasteiger partial charge is 0.489 e. The predicted octanol–water partition coefficient (Wildman–Crippen LogP) is 5.13. The van der Waals surface area contributed by atoms with Crippen LogP contribution in [-0.2, 0) is 11.4 Å². The minimum Gasteiger partial charge on any atom is -0.489 e. The van der Waals surface area contributed by atoms with Crippen molar-refractivity contribution in [1.82, 2.24) is 0 Å². The second-order valence-corrected chi connectivity index (χ2v) is 6.42. The molecule has 0 aromatic heterocycles. The summed E-state index contributed by atoms with van der Waals surface area (Å²) in [7, 11) is 0. The van der Waals surface area contributed by atoms with Crippen molar-refractivity contribution >= 4 is 23.4 Å². The molecule has 6 nitrogen and oxygen atoms in total. The summed E-state index contributed by atoms with van der Waals surface area (Å²) in [5.74, 6) is 0.434. The van der Waals surface area contributed by atoms with E-state index in [1.54, 1.807) is 13.0 Å². The number of nitrogens with zero attached hydrogens (tertiary/aromatic N) is 1. The zero-order valence-electron chi connectivity index (χ0n) is 15.9. The Labute approximate surface area is 168 Å². The van der Waals surface area contributed by atoms with Crippen LogP contribution in [0.3, 0.4) is 0 Å². The van der Waals surface area contributed by atoms with Gasteiger partial charge in [0.05, 0.1) is 4.92 Å². The van der Waals surface area contributed by atoms with Crippen LogP contribution in [0.15, 0.2) is 78.9 Å². The van der Waals surface area contributed by atoms with E-state index in [9.17, 15) is 14.9 Å². The average Bonchev–Trinajstić information content (AvgIpc) is 2.73. The van der Waals surface area contributed by atoms with Crippen LogP contribution in [0.1, 0.15) is 16.7 Å². The number of hydrogen-bond acceptors (Lipinski definition) is 4. The average molecular weight is 388 g/mol. The molecule has 0 aliphatic carbocycles. The summed E-state index contributed by atoms with van der Waals surface area (Å²) in [4.78, 5) is 22.4. The maximum Gasteiger partial charge on any atom is 0.269 e. The molecule has 0 saturated heterocycles. The highest BCUT2D eigenvalue weighted by Crippen LogP contribution is 2.21. The second-order valence-electron chi connectivity index (χ2n) is 6.42. The van der Waals surface area contributed by atoms with E-state index in [1.165, 1.54) is 24.3 Å². The number of ether oxygens (including phenoxy) is 1. The third kappa shape index (κ3) is 5.77. The number of benzene rings is 3. The SMILES string of the molecule is Cc1cc([N+](=O)[O-])ccc1NC(=O)/C=C/c1ccc(OCc2ccccc2)cc1. The van der Waals surface area contributed by atoms with Gasteiger partial charge in [-0.2, -0.15) is 0 Å². The maximum atomic E-state index is 12.1. The number of carbonyl (C=O) groups excluding carboxylic acids is 1. The number of rotatable bonds is 7. The molecule has 0 fully saturated rings. The Kier molecular flexibility index (Phi) is 6.37. The first-order chi connectivity index (χ1) is 14.0. The molecule has 0 atom stereocenters. The van der Waals surface area contributed by atoms with E-state index in [4.69, 9.17) is 4.74 Å². The first kappa shape index (κ1) is 19.8. The number of anilines is 1. The molecule has 29 heavy (non-hydrogen) atoms. The molecule has 1 N–H and O–H groups in total. The molecule has 0 unspecified atom stereocenters. The van der Waals surface area contributed by atoms with Gasteiger partial charge in [-0.05, 0) is 47.9 Å². The monoisotopic (exact) mass is 388 g/mol. The summed E-state index contributed by atoms with van der Waals surface area (Å²) in [6.07, 6.45) is 3.11. The third-order valence-electron chi connectivity index (χ3n) is 4.23. The lowest BCUT2D eigenvalue weighted by molar-refractivity contribution is -0.384. The lowest BCUT2D eigenvalue weighted by atomic mass is 10.1. The van der Waals surface area contributed by atoms with Crippen molar-refractivity contribution in [3.05, 3.63) is 106 Å². The number of nitrogens with one attached hydrogen (secondary N) is 1. The molecule has 0 aliphatic heterocycles. The van der Waals surface area contributed by atoms with E-state index in [0.29, 0.717) is 17.9 Å².